The van der Waals surface area contributed by atoms with E-state index >= 15 is 0 Å². The Bertz CT molecular complexity index is 906. The maximum Gasteiger partial charge on any atom is 0.184 e. The van der Waals surface area contributed by atoms with Gasteiger partial charge in [0.1, 0.15) is 11.9 Å². The van der Waals surface area contributed by atoms with Gasteiger partial charge in [-0.1, -0.05) is 58.8 Å². The molecule has 0 aliphatic heterocycles. The fourth-order valence-corrected chi connectivity index (χ4v) is 9.25. The van der Waals surface area contributed by atoms with E-state index in [1.807, 2.05) is 13.8 Å². The number of rotatable bonds is 4. The van der Waals surface area contributed by atoms with Crippen LogP contribution < -0.4 is 0 Å². The summed E-state index contributed by atoms with van der Waals surface area (Å²) in [6.07, 6.45) is 10.5. The SMILES string of the molecule is CC(C)=CC(=O)C(O)C(C)C1CCC2(C)C3=CCC4C(C)(C)C(=O)CCC4(C)C3CCC12C. The molecule has 4 aliphatic rings. The third-order valence-electron chi connectivity index (χ3n) is 11.5. The first-order valence-electron chi connectivity index (χ1n) is 13.3. The average molecular weight is 455 g/mol. The highest BCUT2D eigenvalue weighted by atomic mass is 16.3. The summed E-state index contributed by atoms with van der Waals surface area (Å²) in [6, 6.07) is 0. The molecule has 3 nitrogen and oxygen atoms in total. The second kappa shape index (κ2) is 7.90. The number of fused-ring (bicyclic) bond motifs is 5. The predicted molar refractivity (Wildman–Crippen MR) is 134 cm³/mol. The normalized spacial score (nSPS) is 43.5. The number of allylic oxidation sites excluding steroid dienone is 3. The van der Waals surface area contributed by atoms with E-state index in [1.165, 1.54) is 0 Å². The van der Waals surface area contributed by atoms with Crippen LogP contribution in [0.1, 0.15) is 100 Å². The van der Waals surface area contributed by atoms with Crippen molar-refractivity contribution in [3.05, 3.63) is 23.3 Å². The van der Waals surface area contributed by atoms with Gasteiger partial charge in [-0.15, -0.1) is 0 Å². The molecule has 0 aromatic rings. The zero-order valence-electron chi connectivity index (χ0n) is 22.3. The number of carbonyl (C=O) groups excluding carboxylic acids is 2. The van der Waals surface area contributed by atoms with Crippen LogP contribution in [0.4, 0.5) is 0 Å². The van der Waals surface area contributed by atoms with Gasteiger partial charge < -0.3 is 5.11 Å². The molecule has 1 N–H and O–H groups in total. The lowest BCUT2D eigenvalue weighted by Gasteiger charge is -2.63. The molecule has 4 aliphatic carbocycles. The van der Waals surface area contributed by atoms with Crippen LogP contribution in [0.25, 0.3) is 0 Å². The Kier molecular flexibility index (Phi) is 5.96. The van der Waals surface area contributed by atoms with E-state index in [0.717, 1.165) is 50.5 Å². The minimum absolute atomic E-state index is 0.0461. The quantitative estimate of drug-likeness (QED) is 0.380. The van der Waals surface area contributed by atoms with Gasteiger partial charge in [0.15, 0.2) is 5.78 Å². The Morgan fingerprint density at radius 2 is 1.76 bits per heavy atom. The van der Waals surface area contributed by atoms with E-state index in [4.69, 9.17) is 0 Å². The van der Waals surface area contributed by atoms with E-state index < -0.39 is 6.10 Å². The lowest BCUT2D eigenvalue weighted by molar-refractivity contribution is -0.146. The molecule has 33 heavy (non-hydrogen) atoms. The van der Waals surface area contributed by atoms with Crippen LogP contribution in [0.2, 0.25) is 0 Å². The standard InChI is InChI=1S/C30H46O3/c1-18(2)17-23(31)26(33)19(3)20-11-15-30(8)22-9-10-24-27(4,5)25(32)13-14-28(24,6)21(22)12-16-29(20,30)7/h9,17,19-21,24,26,33H,10-16H2,1-8H3. The summed E-state index contributed by atoms with van der Waals surface area (Å²) in [5.41, 5.74) is 2.73. The molecule has 0 aromatic carbocycles. The van der Waals surface area contributed by atoms with E-state index in [0.29, 0.717) is 23.5 Å². The molecule has 0 heterocycles. The zero-order chi connectivity index (χ0) is 24.6. The number of ketones is 2. The lowest BCUT2D eigenvalue weighted by atomic mass is 9.41. The van der Waals surface area contributed by atoms with Crippen molar-refractivity contribution < 1.29 is 14.7 Å². The third-order valence-corrected chi connectivity index (χ3v) is 11.5. The molecule has 3 fully saturated rings. The van der Waals surface area contributed by atoms with Gasteiger partial charge in [-0.3, -0.25) is 9.59 Å². The zero-order valence-corrected chi connectivity index (χ0v) is 22.3. The molecular weight excluding hydrogens is 408 g/mol. The van der Waals surface area contributed by atoms with Crippen LogP contribution in [0.15, 0.2) is 23.3 Å². The largest absolute Gasteiger partial charge is 0.385 e. The van der Waals surface area contributed by atoms with Crippen molar-refractivity contribution in [3.8, 4) is 0 Å². The number of hydrogen-bond donors (Lipinski definition) is 1. The van der Waals surface area contributed by atoms with Crippen molar-refractivity contribution in [2.24, 2.45) is 45.3 Å². The Balaban J connectivity index is 1.67. The molecule has 0 radical (unpaired) electrons. The molecule has 3 saturated carbocycles. The van der Waals surface area contributed by atoms with Gasteiger partial charge in [-0.2, -0.15) is 0 Å². The van der Waals surface area contributed by atoms with Crippen molar-refractivity contribution in [2.45, 2.75) is 106 Å². The second-order valence-corrected chi connectivity index (χ2v) is 13.5. The third kappa shape index (κ3) is 3.39. The van der Waals surface area contributed by atoms with Crippen LogP contribution in [-0.4, -0.2) is 22.8 Å². The molecular formula is C30H46O3. The molecule has 3 heteroatoms. The Hall–Kier alpha value is -1.22. The van der Waals surface area contributed by atoms with Crippen molar-refractivity contribution in [1.82, 2.24) is 0 Å². The van der Waals surface area contributed by atoms with Gasteiger partial charge in [0.05, 0.1) is 0 Å². The summed E-state index contributed by atoms with van der Waals surface area (Å²) in [7, 11) is 0. The summed E-state index contributed by atoms with van der Waals surface area (Å²) in [5.74, 6) is 1.56. The van der Waals surface area contributed by atoms with Crippen LogP contribution in [0.5, 0.6) is 0 Å². The van der Waals surface area contributed by atoms with Crippen molar-refractivity contribution in [3.63, 3.8) is 0 Å². The number of aliphatic hydroxyl groups excluding tert-OH is 1. The molecule has 0 bridgehead atoms. The van der Waals surface area contributed by atoms with E-state index in [2.05, 4.69) is 47.6 Å². The molecule has 8 unspecified atom stereocenters. The van der Waals surface area contributed by atoms with Crippen LogP contribution in [0, 0.1) is 45.3 Å². The first-order chi connectivity index (χ1) is 15.2. The number of carbonyl (C=O) groups is 2. The molecule has 184 valence electrons. The summed E-state index contributed by atoms with van der Waals surface area (Å²) in [5, 5.41) is 11.0. The molecule has 0 aromatic heterocycles. The van der Waals surface area contributed by atoms with Crippen LogP contribution in [-0.2, 0) is 9.59 Å². The van der Waals surface area contributed by atoms with Gasteiger partial charge in [0.25, 0.3) is 0 Å². The summed E-state index contributed by atoms with van der Waals surface area (Å²) < 4.78 is 0. The average Bonchev–Trinajstić information content (AvgIpc) is 3.01. The van der Waals surface area contributed by atoms with Crippen molar-refractivity contribution in [2.75, 3.05) is 0 Å². The molecule has 0 amide bonds. The van der Waals surface area contributed by atoms with Crippen molar-refractivity contribution in [1.29, 1.82) is 0 Å². The molecule has 4 rings (SSSR count). The minimum atomic E-state index is -0.922. The monoisotopic (exact) mass is 454 g/mol. The molecule has 0 spiro atoms. The minimum Gasteiger partial charge on any atom is -0.385 e. The van der Waals surface area contributed by atoms with Crippen molar-refractivity contribution >= 4 is 11.6 Å². The van der Waals surface area contributed by atoms with Gasteiger partial charge >= 0.3 is 0 Å². The van der Waals surface area contributed by atoms with E-state index in [9.17, 15) is 14.7 Å². The fourth-order valence-electron chi connectivity index (χ4n) is 9.25. The Labute approximate surface area is 201 Å². The highest BCUT2D eigenvalue weighted by Gasteiger charge is 2.65. The first-order valence-corrected chi connectivity index (χ1v) is 13.3. The fraction of sp³-hybridized carbons (Fsp3) is 0.800. The van der Waals surface area contributed by atoms with Crippen LogP contribution >= 0.6 is 0 Å². The van der Waals surface area contributed by atoms with E-state index in [-0.39, 0.29) is 33.4 Å². The smallest absolute Gasteiger partial charge is 0.184 e. The number of hydrogen-bond acceptors (Lipinski definition) is 3. The van der Waals surface area contributed by atoms with E-state index in [1.54, 1.807) is 11.6 Å². The lowest BCUT2D eigenvalue weighted by Crippen LogP contribution is -2.57. The first kappa shape index (κ1) is 24.9. The topological polar surface area (TPSA) is 54.4 Å². The Morgan fingerprint density at radius 1 is 1.09 bits per heavy atom. The summed E-state index contributed by atoms with van der Waals surface area (Å²) in [6.45, 7) is 17.7. The maximum atomic E-state index is 12.8. The summed E-state index contributed by atoms with van der Waals surface area (Å²) >= 11 is 0. The highest BCUT2D eigenvalue weighted by molar-refractivity contribution is 5.94. The van der Waals surface area contributed by atoms with Crippen LogP contribution in [0.3, 0.4) is 0 Å². The number of aliphatic hydroxyl groups is 1. The predicted octanol–water partition coefficient (Wildman–Crippen LogP) is 6.69. The maximum absolute atomic E-state index is 12.8. The molecule has 8 atom stereocenters. The Morgan fingerprint density at radius 3 is 2.39 bits per heavy atom. The number of Topliss-reactive ketones (excluding diaryl/α,β-unsaturated/α-hetero) is 1. The summed E-state index contributed by atoms with van der Waals surface area (Å²) in [4.78, 5) is 25.4. The van der Waals surface area contributed by atoms with Gasteiger partial charge in [-0.25, -0.2) is 0 Å². The second-order valence-electron chi connectivity index (χ2n) is 13.5. The molecule has 0 saturated heterocycles. The van der Waals surface area contributed by atoms with Gasteiger partial charge in [0.2, 0.25) is 0 Å². The highest BCUT2D eigenvalue weighted by Crippen LogP contribution is 2.73. The van der Waals surface area contributed by atoms with Gasteiger partial charge in [0, 0.05) is 11.8 Å². The van der Waals surface area contributed by atoms with Gasteiger partial charge in [-0.05, 0) is 98.4 Å².